The molecule has 3 N–H and O–H groups in total. The van der Waals surface area contributed by atoms with Crippen molar-refractivity contribution in [2.45, 2.75) is 18.9 Å². The topological polar surface area (TPSA) is 60.0 Å². The number of nitrogens with zero attached hydrogens (tertiary/aromatic N) is 1. The van der Waals surface area contributed by atoms with Gasteiger partial charge >= 0.3 is 0 Å². The van der Waals surface area contributed by atoms with Gasteiger partial charge in [-0.15, -0.1) is 0 Å². The van der Waals surface area contributed by atoms with Crippen molar-refractivity contribution in [2.75, 3.05) is 13.1 Å². The van der Waals surface area contributed by atoms with Gasteiger partial charge in [-0.2, -0.15) is 0 Å². The monoisotopic (exact) mass is 193 g/mol. The molecule has 1 aromatic rings. The first-order chi connectivity index (χ1) is 6.83. The van der Waals surface area contributed by atoms with Crippen molar-refractivity contribution in [1.29, 1.82) is 0 Å². The molecule has 0 bridgehead atoms. The number of carbonyl (C=O) groups excluding carboxylic acids is 1. The number of hydrogen-bond donors (Lipinski definition) is 2. The van der Waals surface area contributed by atoms with Gasteiger partial charge in [0, 0.05) is 25.3 Å². The Balaban J connectivity index is 2.06. The zero-order valence-corrected chi connectivity index (χ0v) is 8.07. The van der Waals surface area contributed by atoms with Gasteiger partial charge in [0.1, 0.15) is 5.69 Å². The molecule has 1 aliphatic carbocycles. The Hall–Kier alpha value is -1.29. The van der Waals surface area contributed by atoms with Crippen LogP contribution in [0.25, 0.3) is 0 Å². The number of nitrogens with two attached hydrogens (primary N) is 1. The summed E-state index contributed by atoms with van der Waals surface area (Å²) in [5, 5.41) is 2.77. The second kappa shape index (κ2) is 3.84. The minimum Gasteiger partial charge on any atom is -0.349 e. The van der Waals surface area contributed by atoms with E-state index in [1.54, 1.807) is 0 Å². The summed E-state index contributed by atoms with van der Waals surface area (Å²) in [6.45, 7) is 1.02. The van der Waals surface area contributed by atoms with Gasteiger partial charge in [0.15, 0.2) is 0 Å². The fourth-order valence-electron chi connectivity index (χ4n) is 1.53. The minimum atomic E-state index is -0.0210. The average molecular weight is 193 g/mol. The van der Waals surface area contributed by atoms with Crippen molar-refractivity contribution in [2.24, 2.45) is 5.73 Å². The number of hydrogen-bond acceptors (Lipinski definition) is 2. The molecule has 2 rings (SSSR count). The standard InChI is InChI=1S/C10H15N3O/c11-5-6-12-10(14)9-2-1-7-13(9)8-3-4-8/h1-2,7-8H,3-6,11H2,(H,12,14). The van der Waals surface area contributed by atoms with Crippen LogP contribution in [0.3, 0.4) is 0 Å². The van der Waals surface area contributed by atoms with Gasteiger partial charge in [0.25, 0.3) is 5.91 Å². The van der Waals surface area contributed by atoms with Gasteiger partial charge in [-0.1, -0.05) is 0 Å². The first kappa shape index (κ1) is 9.27. The van der Waals surface area contributed by atoms with Gasteiger partial charge < -0.3 is 15.6 Å². The zero-order chi connectivity index (χ0) is 9.97. The van der Waals surface area contributed by atoms with E-state index in [4.69, 9.17) is 5.73 Å². The lowest BCUT2D eigenvalue weighted by Gasteiger charge is -2.07. The van der Waals surface area contributed by atoms with Crippen molar-refractivity contribution in [3.05, 3.63) is 24.0 Å². The number of carbonyl (C=O) groups is 1. The van der Waals surface area contributed by atoms with Crippen LogP contribution in [-0.2, 0) is 0 Å². The molecule has 76 valence electrons. The third-order valence-corrected chi connectivity index (χ3v) is 2.38. The minimum absolute atomic E-state index is 0.0210. The van der Waals surface area contributed by atoms with E-state index in [0.29, 0.717) is 19.1 Å². The first-order valence-corrected chi connectivity index (χ1v) is 4.98. The molecule has 4 heteroatoms. The Morgan fingerprint density at radius 2 is 2.43 bits per heavy atom. The van der Waals surface area contributed by atoms with Gasteiger partial charge in [-0.25, -0.2) is 0 Å². The molecular weight excluding hydrogens is 178 g/mol. The number of aromatic nitrogens is 1. The van der Waals surface area contributed by atoms with Crippen LogP contribution in [0.15, 0.2) is 18.3 Å². The normalized spacial score (nSPS) is 15.5. The van der Waals surface area contributed by atoms with Gasteiger partial charge in [-0.3, -0.25) is 4.79 Å². The molecule has 0 aromatic carbocycles. The second-order valence-electron chi connectivity index (χ2n) is 3.58. The van der Waals surface area contributed by atoms with E-state index < -0.39 is 0 Å². The molecule has 1 saturated carbocycles. The van der Waals surface area contributed by atoms with Crippen molar-refractivity contribution in [3.63, 3.8) is 0 Å². The maximum absolute atomic E-state index is 11.6. The molecule has 1 amide bonds. The molecule has 1 aromatic heterocycles. The summed E-state index contributed by atoms with van der Waals surface area (Å²) < 4.78 is 2.05. The van der Waals surface area contributed by atoms with Crippen molar-refractivity contribution in [1.82, 2.24) is 9.88 Å². The highest BCUT2D eigenvalue weighted by Crippen LogP contribution is 2.35. The number of amides is 1. The van der Waals surface area contributed by atoms with Crippen LogP contribution in [0.4, 0.5) is 0 Å². The fourth-order valence-corrected chi connectivity index (χ4v) is 1.53. The Kier molecular flexibility index (Phi) is 2.54. The third-order valence-electron chi connectivity index (χ3n) is 2.38. The lowest BCUT2D eigenvalue weighted by atomic mass is 10.4. The van der Waals surface area contributed by atoms with Crippen molar-refractivity contribution >= 4 is 5.91 Å². The molecule has 1 fully saturated rings. The summed E-state index contributed by atoms with van der Waals surface area (Å²) in [6.07, 6.45) is 4.34. The van der Waals surface area contributed by atoms with Gasteiger partial charge in [0.05, 0.1) is 0 Å². The number of nitrogens with one attached hydrogen (secondary N) is 1. The summed E-state index contributed by atoms with van der Waals surface area (Å²) in [7, 11) is 0. The lowest BCUT2D eigenvalue weighted by molar-refractivity contribution is 0.0945. The van der Waals surface area contributed by atoms with Crippen LogP contribution in [0.1, 0.15) is 29.4 Å². The molecule has 4 nitrogen and oxygen atoms in total. The Morgan fingerprint density at radius 3 is 3.07 bits per heavy atom. The van der Waals surface area contributed by atoms with Crippen LogP contribution >= 0.6 is 0 Å². The molecule has 0 saturated heterocycles. The van der Waals surface area contributed by atoms with E-state index in [-0.39, 0.29) is 5.91 Å². The van der Waals surface area contributed by atoms with Crippen molar-refractivity contribution < 1.29 is 4.79 Å². The third kappa shape index (κ3) is 1.80. The second-order valence-corrected chi connectivity index (χ2v) is 3.58. The van der Waals surface area contributed by atoms with Crippen LogP contribution in [0.5, 0.6) is 0 Å². The predicted octanol–water partition coefficient (Wildman–Crippen LogP) is 0.511. The molecule has 0 radical (unpaired) electrons. The molecular formula is C10H15N3O. The van der Waals surface area contributed by atoms with Gasteiger partial charge in [0.2, 0.25) is 0 Å². The Labute approximate surface area is 83.1 Å². The molecule has 0 atom stereocenters. The number of rotatable bonds is 4. The zero-order valence-electron chi connectivity index (χ0n) is 8.07. The van der Waals surface area contributed by atoms with Gasteiger partial charge in [-0.05, 0) is 25.0 Å². The summed E-state index contributed by atoms with van der Waals surface area (Å²) in [4.78, 5) is 11.6. The highest BCUT2D eigenvalue weighted by Gasteiger charge is 2.26. The predicted molar refractivity (Wildman–Crippen MR) is 54.1 cm³/mol. The Bertz CT molecular complexity index is 328. The van der Waals surface area contributed by atoms with Crippen LogP contribution in [-0.4, -0.2) is 23.6 Å². The maximum Gasteiger partial charge on any atom is 0.267 e. The lowest BCUT2D eigenvalue weighted by Crippen LogP contribution is -2.30. The van der Waals surface area contributed by atoms with E-state index in [1.807, 2.05) is 22.9 Å². The molecule has 14 heavy (non-hydrogen) atoms. The summed E-state index contributed by atoms with van der Waals surface area (Å²) in [6, 6.07) is 4.31. The fraction of sp³-hybridized carbons (Fsp3) is 0.500. The van der Waals surface area contributed by atoms with E-state index in [9.17, 15) is 4.79 Å². The van der Waals surface area contributed by atoms with E-state index in [0.717, 1.165) is 5.69 Å². The summed E-state index contributed by atoms with van der Waals surface area (Å²) in [5.74, 6) is -0.0210. The first-order valence-electron chi connectivity index (χ1n) is 4.98. The van der Waals surface area contributed by atoms with Crippen LogP contribution < -0.4 is 11.1 Å². The summed E-state index contributed by atoms with van der Waals surface area (Å²) in [5.41, 5.74) is 6.07. The van der Waals surface area contributed by atoms with Crippen LogP contribution in [0.2, 0.25) is 0 Å². The maximum atomic E-state index is 11.6. The SMILES string of the molecule is NCCNC(=O)c1cccn1C1CC1. The highest BCUT2D eigenvalue weighted by molar-refractivity contribution is 5.92. The van der Waals surface area contributed by atoms with E-state index >= 15 is 0 Å². The summed E-state index contributed by atoms with van der Waals surface area (Å²) >= 11 is 0. The molecule has 0 spiro atoms. The quantitative estimate of drug-likeness (QED) is 0.732. The molecule has 0 aliphatic heterocycles. The molecule has 0 unspecified atom stereocenters. The largest absolute Gasteiger partial charge is 0.349 e. The van der Waals surface area contributed by atoms with Crippen LogP contribution in [0, 0.1) is 0 Å². The van der Waals surface area contributed by atoms with E-state index in [1.165, 1.54) is 12.8 Å². The highest BCUT2D eigenvalue weighted by atomic mass is 16.1. The molecule has 1 aliphatic rings. The molecule has 1 heterocycles. The Morgan fingerprint density at radius 1 is 1.64 bits per heavy atom. The van der Waals surface area contributed by atoms with Crippen molar-refractivity contribution in [3.8, 4) is 0 Å². The average Bonchev–Trinajstić information content (AvgIpc) is 2.93. The smallest absolute Gasteiger partial charge is 0.267 e. The van der Waals surface area contributed by atoms with E-state index in [2.05, 4.69) is 5.32 Å².